The van der Waals surface area contributed by atoms with Gasteiger partial charge in [-0.15, -0.1) is 12.4 Å². The zero-order valence-corrected chi connectivity index (χ0v) is 9.17. The number of hydrogen-bond donors (Lipinski definition) is 1. The van der Waals surface area contributed by atoms with E-state index in [1.165, 1.54) is 0 Å². The summed E-state index contributed by atoms with van der Waals surface area (Å²) in [5.41, 5.74) is 7.17. The molecule has 0 unspecified atom stereocenters. The Balaban J connectivity index is 0.00000169. The zero-order chi connectivity index (χ0) is 9.84. The normalized spacial score (nSPS) is 9.07. The van der Waals surface area contributed by atoms with E-state index in [-0.39, 0.29) is 18.3 Å². The Morgan fingerprint density at radius 1 is 1.29 bits per heavy atom. The molecule has 0 saturated carbocycles. The highest BCUT2D eigenvalue weighted by molar-refractivity contribution is 5.93. The van der Waals surface area contributed by atoms with Gasteiger partial charge in [-0.3, -0.25) is 4.79 Å². The Hall–Kier alpha value is -1.06. The van der Waals surface area contributed by atoms with Gasteiger partial charge >= 0.3 is 0 Å². The van der Waals surface area contributed by atoms with Crippen molar-refractivity contribution < 1.29 is 4.79 Å². The van der Waals surface area contributed by atoms with Gasteiger partial charge in [-0.05, 0) is 17.7 Å². The average Bonchev–Trinajstić information content (AvgIpc) is 2.17. The van der Waals surface area contributed by atoms with Crippen molar-refractivity contribution in [2.45, 2.75) is 6.54 Å². The summed E-state index contributed by atoms with van der Waals surface area (Å²) < 4.78 is 0. The Bertz CT molecular complexity index is 295. The maximum Gasteiger partial charge on any atom is 0.253 e. The van der Waals surface area contributed by atoms with Gasteiger partial charge < -0.3 is 10.6 Å². The third-order valence-electron chi connectivity index (χ3n) is 1.84. The summed E-state index contributed by atoms with van der Waals surface area (Å²) in [6.45, 7) is 0.510. The van der Waals surface area contributed by atoms with E-state index in [1.807, 2.05) is 12.1 Å². The van der Waals surface area contributed by atoms with Gasteiger partial charge in [0, 0.05) is 26.2 Å². The lowest BCUT2D eigenvalue weighted by Crippen LogP contribution is -2.21. The first-order valence-electron chi connectivity index (χ1n) is 4.16. The fourth-order valence-corrected chi connectivity index (χ4v) is 1.04. The second-order valence-corrected chi connectivity index (χ2v) is 3.10. The van der Waals surface area contributed by atoms with Crippen LogP contribution in [0.2, 0.25) is 0 Å². The van der Waals surface area contributed by atoms with Crippen LogP contribution in [-0.4, -0.2) is 24.9 Å². The van der Waals surface area contributed by atoms with E-state index in [0.717, 1.165) is 5.56 Å². The van der Waals surface area contributed by atoms with E-state index in [1.54, 1.807) is 31.1 Å². The third-order valence-corrected chi connectivity index (χ3v) is 1.84. The minimum atomic E-state index is 0. The number of hydrogen-bond acceptors (Lipinski definition) is 2. The fourth-order valence-electron chi connectivity index (χ4n) is 1.04. The molecule has 0 fully saturated rings. The summed E-state index contributed by atoms with van der Waals surface area (Å²) in [6, 6.07) is 7.34. The van der Waals surface area contributed by atoms with Crippen molar-refractivity contribution in [3.63, 3.8) is 0 Å². The molecule has 0 radical (unpaired) electrons. The van der Waals surface area contributed by atoms with E-state index in [9.17, 15) is 4.79 Å². The van der Waals surface area contributed by atoms with E-state index in [4.69, 9.17) is 5.73 Å². The molecule has 0 spiro atoms. The lowest BCUT2D eigenvalue weighted by molar-refractivity contribution is 0.0827. The molecular weight excluding hydrogens is 200 g/mol. The molecule has 0 aromatic heterocycles. The smallest absolute Gasteiger partial charge is 0.253 e. The van der Waals surface area contributed by atoms with Crippen LogP contribution >= 0.6 is 12.4 Å². The molecule has 0 aliphatic carbocycles. The van der Waals surface area contributed by atoms with Crippen LogP contribution in [0.5, 0.6) is 0 Å². The highest BCUT2D eigenvalue weighted by Gasteiger charge is 2.06. The van der Waals surface area contributed by atoms with Crippen molar-refractivity contribution in [1.82, 2.24) is 4.90 Å². The number of amides is 1. The molecule has 2 N–H and O–H groups in total. The van der Waals surface area contributed by atoms with Crippen LogP contribution in [0.25, 0.3) is 0 Å². The molecule has 0 aliphatic heterocycles. The molecule has 1 amide bonds. The van der Waals surface area contributed by atoms with E-state index in [2.05, 4.69) is 0 Å². The first kappa shape index (κ1) is 12.9. The van der Waals surface area contributed by atoms with Crippen LogP contribution in [0.4, 0.5) is 0 Å². The van der Waals surface area contributed by atoms with Crippen LogP contribution in [0, 0.1) is 0 Å². The molecule has 0 atom stereocenters. The third kappa shape index (κ3) is 3.01. The molecule has 14 heavy (non-hydrogen) atoms. The van der Waals surface area contributed by atoms with Gasteiger partial charge in [-0.2, -0.15) is 0 Å². The second-order valence-electron chi connectivity index (χ2n) is 3.10. The average molecular weight is 215 g/mol. The second kappa shape index (κ2) is 5.62. The predicted molar refractivity (Wildman–Crippen MR) is 59.6 cm³/mol. The molecule has 0 aliphatic rings. The van der Waals surface area contributed by atoms with Crippen LogP contribution < -0.4 is 5.73 Å². The summed E-state index contributed by atoms with van der Waals surface area (Å²) in [6.07, 6.45) is 0. The first-order valence-corrected chi connectivity index (χ1v) is 4.16. The quantitative estimate of drug-likeness (QED) is 0.806. The number of carbonyl (C=O) groups is 1. The zero-order valence-electron chi connectivity index (χ0n) is 8.36. The molecule has 1 aromatic carbocycles. The van der Waals surface area contributed by atoms with E-state index >= 15 is 0 Å². The molecule has 1 rings (SSSR count). The van der Waals surface area contributed by atoms with Crippen molar-refractivity contribution in [3.8, 4) is 0 Å². The molecule has 78 valence electrons. The standard InChI is InChI=1S/C10H14N2O.ClH/c1-12(2)10(13)9-5-3-8(7-11)4-6-9;/h3-6H,7,11H2,1-2H3;1H. The fraction of sp³-hybridized carbons (Fsp3) is 0.300. The Morgan fingerprint density at radius 3 is 2.14 bits per heavy atom. The van der Waals surface area contributed by atoms with Crippen LogP contribution in [0.1, 0.15) is 15.9 Å². The molecule has 0 saturated heterocycles. The molecule has 0 heterocycles. The highest BCUT2D eigenvalue weighted by atomic mass is 35.5. The molecule has 1 aromatic rings. The molecule has 3 nitrogen and oxygen atoms in total. The number of nitrogens with zero attached hydrogens (tertiary/aromatic N) is 1. The minimum Gasteiger partial charge on any atom is -0.345 e. The summed E-state index contributed by atoms with van der Waals surface area (Å²) in [7, 11) is 3.47. The van der Waals surface area contributed by atoms with Crippen LogP contribution in [0.3, 0.4) is 0 Å². The lowest BCUT2D eigenvalue weighted by Gasteiger charge is -2.09. The van der Waals surface area contributed by atoms with Crippen molar-refractivity contribution in [3.05, 3.63) is 35.4 Å². The Labute approximate surface area is 90.3 Å². The van der Waals surface area contributed by atoms with Gasteiger partial charge in [0.25, 0.3) is 5.91 Å². The number of halogens is 1. The highest BCUT2D eigenvalue weighted by Crippen LogP contribution is 2.05. The van der Waals surface area contributed by atoms with Gasteiger partial charge in [-0.1, -0.05) is 12.1 Å². The minimum absolute atomic E-state index is 0. The molecule has 4 heteroatoms. The predicted octanol–water partition coefficient (Wildman–Crippen LogP) is 1.27. The maximum atomic E-state index is 11.4. The van der Waals surface area contributed by atoms with E-state index in [0.29, 0.717) is 12.1 Å². The van der Waals surface area contributed by atoms with Crippen molar-refractivity contribution in [2.24, 2.45) is 5.73 Å². The van der Waals surface area contributed by atoms with Crippen molar-refractivity contribution in [1.29, 1.82) is 0 Å². The number of benzene rings is 1. The molecular formula is C10H15ClN2O. The summed E-state index contributed by atoms with van der Waals surface area (Å²) in [4.78, 5) is 13.0. The van der Waals surface area contributed by atoms with Crippen molar-refractivity contribution >= 4 is 18.3 Å². The topological polar surface area (TPSA) is 46.3 Å². The van der Waals surface area contributed by atoms with Gasteiger partial charge in [-0.25, -0.2) is 0 Å². The first-order chi connectivity index (χ1) is 6.15. The largest absolute Gasteiger partial charge is 0.345 e. The number of nitrogens with two attached hydrogens (primary N) is 1. The monoisotopic (exact) mass is 214 g/mol. The number of rotatable bonds is 2. The van der Waals surface area contributed by atoms with Gasteiger partial charge in [0.2, 0.25) is 0 Å². The Kier molecular flexibility index (Phi) is 5.20. The summed E-state index contributed by atoms with van der Waals surface area (Å²) in [5.74, 6) is 0.0172. The maximum absolute atomic E-state index is 11.4. The van der Waals surface area contributed by atoms with Crippen LogP contribution in [0.15, 0.2) is 24.3 Å². The molecule has 0 bridgehead atoms. The lowest BCUT2D eigenvalue weighted by atomic mass is 10.1. The van der Waals surface area contributed by atoms with Crippen LogP contribution in [-0.2, 0) is 6.54 Å². The van der Waals surface area contributed by atoms with E-state index < -0.39 is 0 Å². The van der Waals surface area contributed by atoms with Gasteiger partial charge in [0.05, 0.1) is 0 Å². The SMILES string of the molecule is CN(C)C(=O)c1ccc(CN)cc1.Cl. The summed E-state index contributed by atoms with van der Waals surface area (Å²) >= 11 is 0. The van der Waals surface area contributed by atoms with Gasteiger partial charge in [0.1, 0.15) is 0 Å². The summed E-state index contributed by atoms with van der Waals surface area (Å²) in [5, 5.41) is 0. The Morgan fingerprint density at radius 2 is 1.79 bits per heavy atom. The number of carbonyl (C=O) groups excluding carboxylic acids is 1. The van der Waals surface area contributed by atoms with Crippen molar-refractivity contribution in [2.75, 3.05) is 14.1 Å². The van der Waals surface area contributed by atoms with Gasteiger partial charge in [0.15, 0.2) is 0 Å².